The molecule has 0 spiro atoms. The Kier molecular flexibility index (Phi) is 9.40. The van der Waals surface area contributed by atoms with E-state index in [1.165, 1.54) is 6.42 Å². The maximum absolute atomic E-state index is 13.2. The Morgan fingerprint density at radius 2 is 1.76 bits per heavy atom. The lowest BCUT2D eigenvalue weighted by atomic mass is 9.43. The number of alkyl carbamates (subject to hydrolysis) is 2. The molecule has 4 aliphatic carbocycles. The van der Waals surface area contributed by atoms with Gasteiger partial charge in [0, 0.05) is 18.5 Å². The van der Waals surface area contributed by atoms with Crippen molar-refractivity contribution in [2.45, 2.75) is 123 Å². The zero-order chi connectivity index (χ0) is 30.2. The Labute approximate surface area is 246 Å². The van der Waals surface area contributed by atoms with Crippen LogP contribution in [0.4, 0.5) is 9.59 Å². The first kappa shape index (κ1) is 31.7. The van der Waals surface area contributed by atoms with E-state index >= 15 is 0 Å². The molecule has 0 aromatic heterocycles. The van der Waals surface area contributed by atoms with Crippen LogP contribution in [0.3, 0.4) is 0 Å². The van der Waals surface area contributed by atoms with Gasteiger partial charge in [0.1, 0.15) is 12.2 Å². The number of carboxylic acids is 1. The first-order valence-electron chi connectivity index (χ1n) is 15.9. The van der Waals surface area contributed by atoms with Crippen LogP contribution in [0.15, 0.2) is 12.7 Å². The van der Waals surface area contributed by atoms with E-state index in [-0.39, 0.29) is 54.0 Å². The Morgan fingerprint density at radius 1 is 1.02 bits per heavy atom. The summed E-state index contributed by atoms with van der Waals surface area (Å²) in [4.78, 5) is 36.9. The third-order valence-electron chi connectivity index (χ3n) is 11.7. The molecule has 4 fully saturated rings. The summed E-state index contributed by atoms with van der Waals surface area (Å²) in [5, 5.41) is 15.8. The summed E-state index contributed by atoms with van der Waals surface area (Å²) in [5.74, 6) is 1.97. The van der Waals surface area contributed by atoms with Gasteiger partial charge in [-0.25, -0.2) is 9.59 Å². The lowest BCUT2D eigenvalue weighted by Gasteiger charge is -2.63. The third kappa shape index (κ3) is 6.56. The molecule has 8 heteroatoms. The summed E-state index contributed by atoms with van der Waals surface area (Å²) in [6, 6.07) is 0.0983. The van der Waals surface area contributed by atoms with Crippen molar-refractivity contribution in [3.63, 3.8) is 0 Å². The molecule has 0 unspecified atom stereocenters. The van der Waals surface area contributed by atoms with Crippen LogP contribution in [0.2, 0.25) is 0 Å². The van der Waals surface area contributed by atoms with Crippen molar-refractivity contribution < 1.29 is 29.0 Å². The fourth-order valence-electron chi connectivity index (χ4n) is 9.91. The Hall–Kier alpha value is -2.25. The van der Waals surface area contributed by atoms with Crippen molar-refractivity contribution in [1.82, 2.24) is 10.6 Å². The summed E-state index contributed by atoms with van der Waals surface area (Å²) < 4.78 is 11.0. The molecule has 4 rings (SSSR count). The normalized spacial score (nSPS) is 38.8. The highest BCUT2D eigenvalue weighted by molar-refractivity contribution is 5.68. The van der Waals surface area contributed by atoms with E-state index in [9.17, 15) is 19.5 Å². The molecule has 3 N–H and O–H groups in total. The molecule has 4 saturated carbocycles. The maximum atomic E-state index is 13.2. The standard InChI is InChI=1S/C33H54N2O6/c1-8-17-40-29(38)34-22-15-16-32(6)21(18-22)10-11-23-25-13-12-24(20(2)9-14-28(36)37)33(25,7)27(19-26(23)32)35-30(39)41-31(3,4)5/h8,20-27H,1,9-19H2,2-7H3,(H,34,38)(H,35,39)(H,36,37)/t20-,21-,22-,23+,24-,25+,26+,27+,32+,33-/m1/s1. The average molecular weight is 575 g/mol. The minimum atomic E-state index is -0.742. The summed E-state index contributed by atoms with van der Waals surface area (Å²) >= 11 is 0. The molecule has 8 nitrogen and oxygen atoms in total. The first-order chi connectivity index (χ1) is 19.2. The van der Waals surface area contributed by atoms with Gasteiger partial charge in [-0.05, 0) is 125 Å². The van der Waals surface area contributed by atoms with Gasteiger partial charge in [-0.1, -0.05) is 33.4 Å². The molecular formula is C33H54N2O6. The number of aliphatic carboxylic acids is 1. The molecule has 0 heterocycles. The second kappa shape index (κ2) is 12.2. The van der Waals surface area contributed by atoms with Gasteiger partial charge in [0.05, 0.1) is 0 Å². The van der Waals surface area contributed by atoms with Gasteiger partial charge in [0.25, 0.3) is 0 Å². The molecule has 0 bridgehead atoms. The number of hydrogen-bond acceptors (Lipinski definition) is 5. The number of amides is 2. The predicted molar refractivity (Wildman–Crippen MR) is 158 cm³/mol. The second-order valence-corrected chi connectivity index (χ2v) is 15.1. The molecule has 232 valence electrons. The fourth-order valence-corrected chi connectivity index (χ4v) is 9.91. The third-order valence-corrected chi connectivity index (χ3v) is 11.7. The van der Waals surface area contributed by atoms with Crippen LogP contribution in [-0.2, 0) is 14.3 Å². The molecule has 0 radical (unpaired) electrons. The van der Waals surface area contributed by atoms with E-state index in [0.717, 1.165) is 44.9 Å². The quantitative estimate of drug-likeness (QED) is 0.271. The van der Waals surface area contributed by atoms with Crippen molar-refractivity contribution in [3.8, 4) is 0 Å². The molecule has 0 aliphatic heterocycles. The van der Waals surface area contributed by atoms with E-state index in [4.69, 9.17) is 9.47 Å². The van der Waals surface area contributed by atoms with E-state index in [1.54, 1.807) is 6.08 Å². The SMILES string of the molecule is C=CCOC(=O)N[C@@H]1CC[C@@]2(C)[C@H](CC[C@@H]3[C@@H]2C[C@H](NC(=O)OC(C)(C)C)[C@]2(C)[C@@H]([C@H](C)CCC(=O)O)CC[C@@H]32)C1. The van der Waals surface area contributed by atoms with Crippen molar-refractivity contribution in [2.75, 3.05) is 6.61 Å². The first-order valence-corrected chi connectivity index (χ1v) is 15.9. The molecule has 0 aromatic rings. The highest BCUT2D eigenvalue weighted by Gasteiger charge is 2.64. The summed E-state index contributed by atoms with van der Waals surface area (Å²) in [6.45, 7) is 16.6. The molecule has 0 aromatic carbocycles. The minimum Gasteiger partial charge on any atom is -0.481 e. The monoisotopic (exact) mass is 574 g/mol. The molecule has 2 amide bonds. The van der Waals surface area contributed by atoms with E-state index in [1.807, 2.05) is 20.8 Å². The van der Waals surface area contributed by atoms with Crippen LogP contribution in [0.25, 0.3) is 0 Å². The van der Waals surface area contributed by atoms with E-state index < -0.39 is 11.6 Å². The largest absolute Gasteiger partial charge is 0.481 e. The van der Waals surface area contributed by atoms with Gasteiger partial charge in [-0.3, -0.25) is 4.79 Å². The molecule has 10 atom stereocenters. The van der Waals surface area contributed by atoms with Gasteiger partial charge in [0.2, 0.25) is 0 Å². The number of carbonyl (C=O) groups is 3. The number of rotatable bonds is 8. The van der Waals surface area contributed by atoms with Crippen LogP contribution in [0.1, 0.15) is 106 Å². The zero-order valence-corrected chi connectivity index (χ0v) is 26.2. The van der Waals surface area contributed by atoms with Gasteiger partial charge < -0.3 is 25.2 Å². The van der Waals surface area contributed by atoms with Crippen LogP contribution >= 0.6 is 0 Å². The molecule has 41 heavy (non-hydrogen) atoms. The number of nitrogens with one attached hydrogen (secondary N) is 2. The molecule has 4 aliphatic rings. The van der Waals surface area contributed by atoms with E-state index in [0.29, 0.717) is 36.0 Å². The number of hydrogen-bond donors (Lipinski definition) is 3. The van der Waals surface area contributed by atoms with Gasteiger partial charge in [-0.2, -0.15) is 0 Å². The highest BCUT2D eigenvalue weighted by atomic mass is 16.6. The number of carboxylic acid groups (broad SMARTS) is 1. The Morgan fingerprint density at radius 3 is 2.41 bits per heavy atom. The van der Waals surface area contributed by atoms with Crippen molar-refractivity contribution in [3.05, 3.63) is 12.7 Å². The van der Waals surface area contributed by atoms with Gasteiger partial charge >= 0.3 is 18.2 Å². The highest BCUT2D eigenvalue weighted by Crippen LogP contribution is 2.68. The number of carbonyl (C=O) groups excluding carboxylic acids is 2. The van der Waals surface area contributed by atoms with E-state index in [2.05, 4.69) is 38.0 Å². The smallest absolute Gasteiger partial charge is 0.407 e. The van der Waals surface area contributed by atoms with Gasteiger partial charge in [0.15, 0.2) is 0 Å². The maximum Gasteiger partial charge on any atom is 0.407 e. The Balaban J connectivity index is 1.57. The van der Waals surface area contributed by atoms with Crippen LogP contribution in [0, 0.1) is 46.3 Å². The zero-order valence-electron chi connectivity index (χ0n) is 26.2. The van der Waals surface area contributed by atoms with Crippen molar-refractivity contribution in [2.24, 2.45) is 46.3 Å². The molecular weight excluding hydrogens is 520 g/mol. The average Bonchev–Trinajstić information content (AvgIpc) is 3.24. The second-order valence-electron chi connectivity index (χ2n) is 15.1. The minimum absolute atomic E-state index is 0.0244. The van der Waals surface area contributed by atoms with Crippen LogP contribution in [-0.4, -0.2) is 47.6 Å². The molecule has 0 saturated heterocycles. The van der Waals surface area contributed by atoms with Crippen LogP contribution in [0.5, 0.6) is 0 Å². The lowest BCUT2D eigenvalue weighted by molar-refractivity contribution is -0.138. The number of fused-ring (bicyclic) bond motifs is 5. The van der Waals surface area contributed by atoms with Crippen LogP contribution < -0.4 is 10.6 Å². The topological polar surface area (TPSA) is 114 Å². The number of ether oxygens (including phenoxy) is 2. The summed E-state index contributed by atoms with van der Waals surface area (Å²) in [6.07, 6.45) is 10.1. The van der Waals surface area contributed by atoms with Crippen molar-refractivity contribution in [1.29, 1.82) is 0 Å². The fraction of sp³-hybridized carbons (Fsp3) is 0.848. The summed E-state index contributed by atoms with van der Waals surface area (Å²) in [5.41, 5.74) is -0.535. The lowest BCUT2D eigenvalue weighted by Crippen LogP contribution is -2.63. The van der Waals surface area contributed by atoms with Crippen molar-refractivity contribution >= 4 is 18.2 Å². The van der Waals surface area contributed by atoms with Gasteiger partial charge in [-0.15, -0.1) is 0 Å². The predicted octanol–water partition coefficient (Wildman–Crippen LogP) is 6.93. The summed E-state index contributed by atoms with van der Waals surface area (Å²) in [7, 11) is 0. The Bertz CT molecular complexity index is 993.